The summed E-state index contributed by atoms with van der Waals surface area (Å²) in [6.07, 6.45) is 7.41. The standard InChI is InChI=1S/C22H25N3O2S/c1-5-10-15(7-3)28-20-19(16(11-6-2)21(26)27)14(4)23-22-24-17-12-8-9-13-18(17)25(20)22/h5,7-10,12-13,16H,6,11H2,1-4H3,(H,26,27)/b10-5-,15-7+. The van der Waals surface area contributed by atoms with Crippen LogP contribution in [0.5, 0.6) is 0 Å². The number of hydrogen-bond donors (Lipinski definition) is 1. The van der Waals surface area contributed by atoms with Crippen LogP contribution in [0.25, 0.3) is 16.8 Å². The maximum absolute atomic E-state index is 12.1. The monoisotopic (exact) mass is 395 g/mol. The lowest BCUT2D eigenvalue weighted by Gasteiger charge is -2.20. The molecule has 3 aromatic rings. The van der Waals surface area contributed by atoms with Gasteiger partial charge in [-0.25, -0.2) is 9.97 Å². The number of aliphatic carboxylic acids is 1. The van der Waals surface area contributed by atoms with Gasteiger partial charge in [0, 0.05) is 16.2 Å². The van der Waals surface area contributed by atoms with Gasteiger partial charge in [-0.3, -0.25) is 9.20 Å². The second-order valence-corrected chi connectivity index (χ2v) is 7.69. The van der Waals surface area contributed by atoms with E-state index in [1.54, 1.807) is 11.8 Å². The summed E-state index contributed by atoms with van der Waals surface area (Å²) in [4.78, 5) is 22.5. The number of allylic oxidation sites excluding steroid dienone is 3. The lowest BCUT2D eigenvalue weighted by Crippen LogP contribution is -2.16. The summed E-state index contributed by atoms with van der Waals surface area (Å²) in [6.45, 7) is 7.85. The molecule has 3 rings (SSSR count). The average Bonchev–Trinajstić information content (AvgIpc) is 3.04. The maximum Gasteiger partial charge on any atom is 0.311 e. The Bertz CT molecular complexity index is 1080. The fraction of sp³-hybridized carbons (Fsp3) is 0.318. The third kappa shape index (κ3) is 3.69. The van der Waals surface area contributed by atoms with Gasteiger partial charge in [0.15, 0.2) is 0 Å². The number of aryl methyl sites for hydroxylation is 1. The van der Waals surface area contributed by atoms with Crippen molar-refractivity contribution in [3.8, 4) is 0 Å². The highest BCUT2D eigenvalue weighted by Gasteiger charge is 2.28. The first-order valence-electron chi connectivity index (χ1n) is 9.49. The number of fused-ring (bicyclic) bond motifs is 3. The molecule has 0 bridgehead atoms. The molecule has 146 valence electrons. The van der Waals surface area contributed by atoms with Crippen LogP contribution in [0.2, 0.25) is 0 Å². The SMILES string of the molecule is C/C=C\C(=C/C)Sc1c(C(CCC)C(=O)O)c(C)nc2nc3ccccc3n12. The minimum Gasteiger partial charge on any atom is -0.481 e. The summed E-state index contributed by atoms with van der Waals surface area (Å²) < 4.78 is 2.00. The van der Waals surface area contributed by atoms with Gasteiger partial charge >= 0.3 is 5.97 Å². The molecule has 1 atom stereocenters. The first-order chi connectivity index (χ1) is 13.5. The van der Waals surface area contributed by atoms with E-state index < -0.39 is 11.9 Å². The van der Waals surface area contributed by atoms with Crippen LogP contribution in [-0.4, -0.2) is 25.4 Å². The van der Waals surface area contributed by atoms with Gasteiger partial charge in [-0.1, -0.05) is 55.5 Å². The summed E-state index contributed by atoms with van der Waals surface area (Å²) >= 11 is 1.57. The van der Waals surface area contributed by atoms with E-state index in [0.29, 0.717) is 12.2 Å². The van der Waals surface area contributed by atoms with Crippen molar-refractivity contribution in [2.24, 2.45) is 0 Å². The smallest absolute Gasteiger partial charge is 0.311 e. The molecule has 2 aromatic heterocycles. The predicted octanol–water partition coefficient (Wildman–Crippen LogP) is 5.73. The van der Waals surface area contributed by atoms with Gasteiger partial charge in [0.2, 0.25) is 5.78 Å². The lowest BCUT2D eigenvalue weighted by atomic mass is 9.94. The zero-order valence-corrected chi connectivity index (χ0v) is 17.5. The van der Waals surface area contributed by atoms with E-state index in [1.165, 1.54) is 0 Å². The van der Waals surface area contributed by atoms with Crippen LogP contribution >= 0.6 is 11.8 Å². The number of carboxylic acids is 1. The summed E-state index contributed by atoms with van der Waals surface area (Å²) in [7, 11) is 0. The van der Waals surface area contributed by atoms with Crippen LogP contribution in [0.1, 0.15) is 50.8 Å². The molecule has 2 heterocycles. The Morgan fingerprint density at radius 1 is 1.29 bits per heavy atom. The molecule has 5 nitrogen and oxygen atoms in total. The molecular formula is C22H25N3O2S. The van der Waals surface area contributed by atoms with E-state index in [4.69, 9.17) is 0 Å². The molecule has 0 aliphatic rings. The molecule has 6 heteroatoms. The Morgan fingerprint density at radius 2 is 2.04 bits per heavy atom. The molecule has 28 heavy (non-hydrogen) atoms. The molecule has 0 saturated heterocycles. The third-order valence-corrected chi connectivity index (χ3v) is 5.89. The van der Waals surface area contributed by atoms with Crippen molar-refractivity contribution in [2.75, 3.05) is 0 Å². The Balaban J connectivity index is 2.40. The van der Waals surface area contributed by atoms with E-state index in [2.05, 4.69) is 9.97 Å². The summed E-state index contributed by atoms with van der Waals surface area (Å²) in [5.74, 6) is -0.818. The number of benzene rings is 1. The van der Waals surface area contributed by atoms with Crippen molar-refractivity contribution in [3.05, 3.63) is 58.7 Å². The molecular weight excluding hydrogens is 370 g/mol. The molecule has 0 spiro atoms. The molecule has 1 aromatic carbocycles. The molecule has 0 aliphatic heterocycles. The fourth-order valence-electron chi connectivity index (χ4n) is 3.42. The van der Waals surface area contributed by atoms with Crippen molar-refractivity contribution in [2.45, 2.75) is 51.5 Å². The number of nitrogens with zero attached hydrogens (tertiary/aromatic N) is 3. The molecule has 0 radical (unpaired) electrons. The first kappa shape index (κ1) is 20.1. The number of thioether (sulfide) groups is 1. The Labute approximate surface area is 169 Å². The topological polar surface area (TPSA) is 67.5 Å². The number of aromatic nitrogens is 3. The zero-order chi connectivity index (χ0) is 20.3. The van der Waals surface area contributed by atoms with Crippen molar-refractivity contribution in [1.29, 1.82) is 0 Å². The van der Waals surface area contributed by atoms with Gasteiger partial charge in [0.05, 0.1) is 22.0 Å². The van der Waals surface area contributed by atoms with Crippen LogP contribution < -0.4 is 0 Å². The minimum absolute atomic E-state index is 0.568. The van der Waals surface area contributed by atoms with Crippen molar-refractivity contribution in [3.63, 3.8) is 0 Å². The van der Waals surface area contributed by atoms with E-state index in [0.717, 1.165) is 38.6 Å². The third-order valence-electron chi connectivity index (χ3n) is 4.69. The number of hydrogen-bond acceptors (Lipinski definition) is 4. The maximum atomic E-state index is 12.1. The van der Waals surface area contributed by atoms with Crippen molar-refractivity contribution < 1.29 is 9.90 Å². The van der Waals surface area contributed by atoms with E-state index in [-0.39, 0.29) is 0 Å². The highest BCUT2D eigenvalue weighted by Crippen LogP contribution is 2.39. The number of carboxylic acid groups (broad SMARTS) is 1. The molecule has 0 aliphatic carbocycles. The van der Waals surface area contributed by atoms with Crippen molar-refractivity contribution >= 4 is 34.5 Å². The summed E-state index contributed by atoms with van der Waals surface area (Å²) in [5, 5.41) is 10.8. The number of carbonyl (C=O) groups is 1. The largest absolute Gasteiger partial charge is 0.481 e. The lowest BCUT2D eigenvalue weighted by molar-refractivity contribution is -0.139. The molecule has 1 unspecified atom stereocenters. The van der Waals surface area contributed by atoms with E-state index in [9.17, 15) is 9.90 Å². The molecule has 1 N–H and O–H groups in total. The zero-order valence-electron chi connectivity index (χ0n) is 16.6. The van der Waals surface area contributed by atoms with Gasteiger partial charge in [-0.05, 0) is 39.3 Å². The second kappa shape index (κ2) is 8.61. The normalized spacial score (nSPS) is 13.6. The molecule has 0 fully saturated rings. The minimum atomic E-state index is -0.814. The van der Waals surface area contributed by atoms with E-state index >= 15 is 0 Å². The Hall–Kier alpha value is -2.60. The predicted molar refractivity (Wildman–Crippen MR) is 115 cm³/mol. The second-order valence-electron chi connectivity index (χ2n) is 6.62. The van der Waals surface area contributed by atoms with Crippen LogP contribution in [0.4, 0.5) is 0 Å². The van der Waals surface area contributed by atoms with Gasteiger partial charge in [-0.2, -0.15) is 0 Å². The number of rotatable bonds is 7. The van der Waals surface area contributed by atoms with Gasteiger partial charge in [0.25, 0.3) is 0 Å². The molecule has 0 saturated carbocycles. The van der Waals surface area contributed by atoms with Crippen LogP contribution in [0.3, 0.4) is 0 Å². The van der Waals surface area contributed by atoms with Crippen LogP contribution in [-0.2, 0) is 4.79 Å². The first-order valence-corrected chi connectivity index (χ1v) is 10.3. The van der Waals surface area contributed by atoms with Crippen LogP contribution in [0, 0.1) is 6.92 Å². The average molecular weight is 396 g/mol. The summed E-state index contributed by atoms with van der Waals surface area (Å²) in [6, 6.07) is 7.87. The molecule has 0 amide bonds. The van der Waals surface area contributed by atoms with Crippen LogP contribution in [0.15, 0.2) is 52.4 Å². The fourth-order valence-corrected chi connectivity index (χ4v) is 4.64. The highest BCUT2D eigenvalue weighted by atomic mass is 32.2. The Kier molecular flexibility index (Phi) is 6.19. The van der Waals surface area contributed by atoms with Gasteiger partial charge in [-0.15, -0.1) is 0 Å². The summed E-state index contributed by atoms with van der Waals surface area (Å²) in [5.41, 5.74) is 3.29. The van der Waals surface area contributed by atoms with Crippen molar-refractivity contribution in [1.82, 2.24) is 14.4 Å². The number of imidazole rings is 1. The Morgan fingerprint density at radius 3 is 2.68 bits per heavy atom. The van der Waals surface area contributed by atoms with Gasteiger partial charge in [0.1, 0.15) is 0 Å². The number of para-hydroxylation sites is 2. The van der Waals surface area contributed by atoms with E-state index in [1.807, 2.05) is 74.6 Å². The quantitative estimate of drug-likeness (QED) is 0.314. The van der Waals surface area contributed by atoms with Gasteiger partial charge < -0.3 is 5.11 Å². The highest BCUT2D eigenvalue weighted by molar-refractivity contribution is 8.03.